The second kappa shape index (κ2) is 7.47. The Bertz CT molecular complexity index is 857. The molecule has 1 fully saturated rings. The number of aromatic nitrogens is 4. The number of hydrogen-bond acceptors (Lipinski definition) is 6. The summed E-state index contributed by atoms with van der Waals surface area (Å²) in [6.07, 6.45) is 6.53. The zero-order chi connectivity index (χ0) is 17.8. The smallest absolute Gasteiger partial charge is 0.218 e. The lowest BCUT2D eigenvalue weighted by Gasteiger charge is -2.10. The standard InChI is InChI=1S/C20H21N5O/c1-14-24-19(23-12-15-5-8-21-9-6-15)11-20(25-14)26-13-16-10-17(16)18-4-2-3-7-22-18/h2-9,11,16-17H,10,12-13H2,1H3,(H,23,24,25). The van der Waals surface area contributed by atoms with E-state index in [9.17, 15) is 0 Å². The van der Waals surface area contributed by atoms with Gasteiger partial charge in [0.1, 0.15) is 11.6 Å². The van der Waals surface area contributed by atoms with Crippen LogP contribution in [0.5, 0.6) is 5.88 Å². The van der Waals surface area contributed by atoms with Crippen LogP contribution in [-0.2, 0) is 6.54 Å². The number of hydrogen-bond donors (Lipinski definition) is 1. The van der Waals surface area contributed by atoms with Gasteiger partial charge < -0.3 is 10.1 Å². The Kier molecular flexibility index (Phi) is 4.73. The second-order valence-electron chi connectivity index (χ2n) is 6.52. The summed E-state index contributed by atoms with van der Waals surface area (Å²) in [6, 6.07) is 11.9. The summed E-state index contributed by atoms with van der Waals surface area (Å²) >= 11 is 0. The molecule has 0 aromatic carbocycles. The molecule has 6 heteroatoms. The first-order chi connectivity index (χ1) is 12.8. The van der Waals surface area contributed by atoms with Crippen LogP contribution in [0.2, 0.25) is 0 Å². The fourth-order valence-electron chi connectivity index (χ4n) is 2.98. The van der Waals surface area contributed by atoms with Crippen molar-refractivity contribution in [3.63, 3.8) is 0 Å². The van der Waals surface area contributed by atoms with E-state index >= 15 is 0 Å². The summed E-state index contributed by atoms with van der Waals surface area (Å²) in [7, 11) is 0. The van der Waals surface area contributed by atoms with Crippen LogP contribution in [0.25, 0.3) is 0 Å². The molecular weight excluding hydrogens is 326 g/mol. The summed E-state index contributed by atoms with van der Waals surface area (Å²) in [5.74, 6) is 3.08. The minimum Gasteiger partial charge on any atom is -0.477 e. The maximum atomic E-state index is 5.93. The molecule has 2 unspecified atom stereocenters. The molecule has 1 aliphatic rings. The third-order valence-electron chi connectivity index (χ3n) is 4.47. The minimum atomic E-state index is 0.503. The lowest BCUT2D eigenvalue weighted by atomic mass is 10.2. The number of nitrogens with zero attached hydrogens (tertiary/aromatic N) is 4. The van der Waals surface area contributed by atoms with E-state index in [1.807, 2.05) is 43.5 Å². The first kappa shape index (κ1) is 16.4. The van der Waals surface area contributed by atoms with E-state index in [0.29, 0.717) is 36.7 Å². The Morgan fingerprint density at radius 2 is 2.00 bits per heavy atom. The number of rotatable bonds is 7. The normalized spacial score (nSPS) is 18.3. The van der Waals surface area contributed by atoms with Crippen molar-refractivity contribution < 1.29 is 4.74 Å². The van der Waals surface area contributed by atoms with E-state index in [0.717, 1.165) is 23.5 Å². The average molecular weight is 347 g/mol. The van der Waals surface area contributed by atoms with Crippen LogP contribution in [0.1, 0.15) is 29.4 Å². The molecule has 1 saturated carbocycles. The molecular formula is C20H21N5O. The molecule has 0 saturated heterocycles. The van der Waals surface area contributed by atoms with Crippen LogP contribution in [0.3, 0.4) is 0 Å². The van der Waals surface area contributed by atoms with Crippen molar-refractivity contribution in [2.45, 2.75) is 25.8 Å². The Balaban J connectivity index is 1.33. The second-order valence-corrected chi connectivity index (χ2v) is 6.52. The summed E-state index contributed by atoms with van der Waals surface area (Å²) < 4.78 is 5.93. The van der Waals surface area contributed by atoms with E-state index in [4.69, 9.17) is 4.74 Å². The third kappa shape index (κ3) is 4.14. The van der Waals surface area contributed by atoms with E-state index < -0.39 is 0 Å². The van der Waals surface area contributed by atoms with Gasteiger partial charge in [-0.2, -0.15) is 4.98 Å². The van der Waals surface area contributed by atoms with Gasteiger partial charge in [-0.05, 0) is 43.2 Å². The maximum absolute atomic E-state index is 5.93. The van der Waals surface area contributed by atoms with Gasteiger partial charge in [-0.3, -0.25) is 9.97 Å². The van der Waals surface area contributed by atoms with Gasteiger partial charge in [0.25, 0.3) is 0 Å². The van der Waals surface area contributed by atoms with Crippen molar-refractivity contribution >= 4 is 5.82 Å². The summed E-state index contributed by atoms with van der Waals surface area (Å²) in [4.78, 5) is 17.3. The lowest BCUT2D eigenvalue weighted by Crippen LogP contribution is -2.07. The van der Waals surface area contributed by atoms with Crippen LogP contribution in [0.15, 0.2) is 55.0 Å². The molecule has 3 aromatic heterocycles. The van der Waals surface area contributed by atoms with Gasteiger partial charge in [-0.15, -0.1) is 0 Å². The zero-order valence-corrected chi connectivity index (χ0v) is 14.7. The van der Waals surface area contributed by atoms with Gasteiger partial charge in [-0.1, -0.05) is 6.07 Å². The molecule has 0 amide bonds. The molecule has 3 heterocycles. The van der Waals surface area contributed by atoms with Crippen molar-refractivity contribution in [3.8, 4) is 5.88 Å². The molecule has 0 aliphatic heterocycles. The highest BCUT2D eigenvalue weighted by Gasteiger charge is 2.39. The van der Waals surface area contributed by atoms with Crippen molar-refractivity contribution in [2.24, 2.45) is 5.92 Å². The predicted molar refractivity (Wildman–Crippen MR) is 98.9 cm³/mol. The van der Waals surface area contributed by atoms with E-state index in [-0.39, 0.29) is 0 Å². The monoisotopic (exact) mass is 347 g/mol. The number of aryl methyl sites for hydroxylation is 1. The number of nitrogens with one attached hydrogen (secondary N) is 1. The molecule has 0 bridgehead atoms. The first-order valence-corrected chi connectivity index (χ1v) is 8.80. The first-order valence-electron chi connectivity index (χ1n) is 8.80. The van der Waals surface area contributed by atoms with Gasteiger partial charge in [-0.25, -0.2) is 4.98 Å². The topological polar surface area (TPSA) is 72.8 Å². The van der Waals surface area contributed by atoms with Gasteiger partial charge in [0.15, 0.2) is 0 Å². The highest BCUT2D eigenvalue weighted by Crippen LogP contribution is 2.46. The molecule has 3 aromatic rings. The van der Waals surface area contributed by atoms with Crippen LogP contribution >= 0.6 is 0 Å². The van der Waals surface area contributed by atoms with Gasteiger partial charge in [0, 0.05) is 48.7 Å². The molecule has 1 N–H and O–H groups in total. The Hall–Kier alpha value is -3.02. The Morgan fingerprint density at radius 1 is 1.12 bits per heavy atom. The minimum absolute atomic E-state index is 0.503. The average Bonchev–Trinajstić information content (AvgIpc) is 3.46. The SMILES string of the molecule is Cc1nc(NCc2ccncc2)cc(OCC2CC2c2ccccn2)n1. The largest absolute Gasteiger partial charge is 0.477 e. The summed E-state index contributed by atoms with van der Waals surface area (Å²) in [5.41, 5.74) is 2.30. The molecule has 6 nitrogen and oxygen atoms in total. The summed E-state index contributed by atoms with van der Waals surface area (Å²) in [5, 5.41) is 3.31. The fraction of sp³-hybridized carbons (Fsp3) is 0.300. The zero-order valence-electron chi connectivity index (χ0n) is 14.7. The molecule has 1 aliphatic carbocycles. The number of anilines is 1. The van der Waals surface area contributed by atoms with Gasteiger partial charge in [0.2, 0.25) is 5.88 Å². The van der Waals surface area contributed by atoms with Crippen LogP contribution in [0.4, 0.5) is 5.82 Å². The molecule has 2 atom stereocenters. The van der Waals surface area contributed by atoms with Crippen LogP contribution < -0.4 is 10.1 Å². The molecule has 0 radical (unpaired) electrons. The van der Waals surface area contributed by atoms with Crippen LogP contribution in [0, 0.1) is 12.8 Å². The third-order valence-corrected chi connectivity index (χ3v) is 4.47. The molecule has 4 rings (SSSR count). The quantitative estimate of drug-likeness (QED) is 0.706. The van der Waals surface area contributed by atoms with E-state index in [1.54, 1.807) is 12.4 Å². The fourth-order valence-corrected chi connectivity index (χ4v) is 2.98. The van der Waals surface area contributed by atoms with Crippen molar-refractivity contribution in [2.75, 3.05) is 11.9 Å². The highest BCUT2D eigenvalue weighted by atomic mass is 16.5. The molecule has 0 spiro atoms. The lowest BCUT2D eigenvalue weighted by molar-refractivity contribution is 0.284. The van der Waals surface area contributed by atoms with E-state index in [1.165, 1.54) is 0 Å². The van der Waals surface area contributed by atoms with E-state index in [2.05, 4.69) is 31.3 Å². The van der Waals surface area contributed by atoms with Gasteiger partial charge >= 0.3 is 0 Å². The van der Waals surface area contributed by atoms with Crippen molar-refractivity contribution in [1.82, 2.24) is 19.9 Å². The van der Waals surface area contributed by atoms with Crippen molar-refractivity contribution in [1.29, 1.82) is 0 Å². The molecule has 132 valence electrons. The van der Waals surface area contributed by atoms with Crippen molar-refractivity contribution in [3.05, 3.63) is 72.1 Å². The predicted octanol–water partition coefficient (Wildman–Crippen LogP) is 3.37. The van der Waals surface area contributed by atoms with Crippen LogP contribution in [-0.4, -0.2) is 26.5 Å². The number of ether oxygens (including phenoxy) is 1. The molecule has 26 heavy (non-hydrogen) atoms. The Morgan fingerprint density at radius 3 is 2.81 bits per heavy atom. The maximum Gasteiger partial charge on any atom is 0.218 e. The van der Waals surface area contributed by atoms with Gasteiger partial charge in [0.05, 0.1) is 6.61 Å². The Labute approximate surface area is 152 Å². The number of pyridine rings is 2. The highest BCUT2D eigenvalue weighted by molar-refractivity contribution is 5.39. The summed E-state index contributed by atoms with van der Waals surface area (Å²) in [6.45, 7) is 3.21.